The van der Waals surface area contributed by atoms with Gasteiger partial charge in [0.1, 0.15) is 0 Å². The second kappa shape index (κ2) is 4.18. The second-order valence-electron chi connectivity index (χ2n) is 4.48. The van der Waals surface area contributed by atoms with E-state index in [2.05, 4.69) is 17.2 Å². The Morgan fingerprint density at radius 1 is 1.20 bits per heavy atom. The maximum atomic E-state index is 6.01. The first kappa shape index (κ1) is 11.0. The maximum absolute atomic E-state index is 6.01. The molecule has 4 nitrogen and oxygen atoms in total. The number of rotatable bonds is 3. The second-order valence-corrected chi connectivity index (χ2v) is 4.48. The van der Waals surface area contributed by atoms with Gasteiger partial charge >= 0.3 is 0 Å². The maximum Gasteiger partial charge on any atom is 0.289 e. The summed E-state index contributed by atoms with van der Waals surface area (Å²) in [7, 11) is 1.65. The SMILES string of the molecule is CCCC1(OC)N=NC2(CCCCC2)O1. The molecule has 0 aromatic carbocycles. The number of ether oxygens (including phenoxy) is 2. The molecule has 1 heterocycles. The predicted octanol–water partition coefficient (Wildman–Crippen LogP) is 3.23. The minimum Gasteiger partial charge on any atom is -0.334 e. The molecule has 0 N–H and O–H groups in total. The first-order valence-electron chi connectivity index (χ1n) is 5.94. The molecule has 1 aliphatic heterocycles. The zero-order valence-corrected chi connectivity index (χ0v) is 9.66. The Morgan fingerprint density at radius 2 is 1.93 bits per heavy atom. The summed E-state index contributed by atoms with van der Waals surface area (Å²) in [6.07, 6.45) is 7.42. The van der Waals surface area contributed by atoms with Crippen LogP contribution in [0.1, 0.15) is 51.9 Å². The minimum atomic E-state index is -0.786. The fourth-order valence-corrected chi connectivity index (χ4v) is 2.41. The van der Waals surface area contributed by atoms with Crippen molar-refractivity contribution >= 4 is 0 Å². The van der Waals surface area contributed by atoms with Crippen molar-refractivity contribution in [2.24, 2.45) is 10.2 Å². The van der Waals surface area contributed by atoms with Crippen LogP contribution in [-0.4, -0.2) is 18.7 Å². The molecule has 86 valence electrons. The van der Waals surface area contributed by atoms with Gasteiger partial charge in [0.25, 0.3) is 5.91 Å². The highest BCUT2D eigenvalue weighted by molar-refractivity contribution is 4.88. The number of azo groups is 1. The largest absolute Gasteiger partial charge is 0.334 e. The molecule has 0 saturated heterocycles. The molecule has 1 aliphatic carbocycles. The van der Waals surface area contributed by atoms with E-state index >= 15 is 0 Å². The summed E-state index contributed by atoms with van der Waals surface area (Å²) in [6, 6.07) is 0. The smallest absolute Gasteiger partial charge is 0.289 e. The Bertz CT molecular complexity index is 237. The third kappa shape index (κ3) is 2.06. The van der Waals surface area contributed by atoms with Gasteiger partial charge in [-0.1, -0.05) is 13.3 Å². The molecule has 4 heteroatoms. The van der Waals surface area contributed by atoms with Gasteiger partial charge in [-0.25, -0.2) is 0 Å². The van der Waals surface area contributed by atoms with Crippen LogP contribution in [0.4, 0.5) is 0 Å². The van der Waals surface area contributed by atoms with Crippen molar-refractivity contribution in [3.8, 4) is 0 Å². The van der Waals surface area contributed by atoms with Crippen LogP contribution in [0.15, 0.2) is 10.2 Å². The standard InChI is InChI=1S/C11H20N2O2/c1-3-7-11(14-2)13-12-10(15-11)8-5-4-6-9-10/h3-9H2,1-2H3. The first-order chi connectivity index (χ1) is 7.24. The third-order valence-corrected chi connectivity index (χ3v) is 3.25. The van der Waals surface area contributed by atoms with Crippen LogP contribution in [0.5, 0.6) is 0 Å². The molecule has 15 heavy (non-hydrogen) atoms. The van der Waals surface area contributed by atoms with Gasteiger partial charge in [-0.3, -0.25) is 4.74 Å². The van der Waals surface area contributed by atoms with Gasteiger partial charge in [0, 0.05) is 13.5 Å². The van der Waals surface area contributed by atoms with Crippen LogP contribution in [0.2, 0.25) is 0 Å². The van der Waals surface area contributed by atoms with Crippen LogP contribution in [0.3, 0.4) is 0 Å². The zero-order chi connectivity index (χ0) is 10.8. The highest BCUT2D eigenvalue weighted by atomic mass is 16.7. The van der Waals surface area contributed by atoms with Crippen LogP contribution in [0, 0.1) is 0 Å². The molecule has 0 amide bonds. The highest BCUT2D eigenvalue weighted by Crippen LogP contribution is 2.43. The molecule has 2 rings (SSSR count). The summed E-state index contributed by atoms with van der Waals surface area (Å²) in [5, 5.41) is 8.58. The predicted molar refractivity (Wildman–Crippen MR) is 56.4 cm³/mol. The summed E-state index contributed by atoms with van der Waals surface area (Å²) in [4.78, 5) is 0. The Balaban J connectivity index is 2.06. The van der Waals surface area contributed by atoms with Crippen LogP contribution in [0.25, 0.3) is 0 Å². The summed E-state index contributed by atoms with van der Waals surface area (Å²) in [5.41, 5.74) is -0.358. The summed E-state index contributed by atoms with van der Waals surface area (Å²) >= 11 is 0. The normalized spacial score (nSPS) is 33.7. The lowest BCUT2D eigenvalue weighted by atomic mass is 9.92. The highest BCUT2D eigenvalue weighted by Gasteiger charge is 2.48. The Morgan fingerprint density at radius 3 is 2.53 bits per heavy atom. The molecule has 2 aliphatic rings. The molecule has 1 fully saturated rings. The lowest BCUT2D eigenvalue weighted by Gasteiger charge is -2.32. The molecule has 1 unspecified atom stereocenters. The number of hydrogen-bond acceptors (Lipinski definition) is 4. The van der Waals surface area contributed by atoms with Crippen molar-refractivity contribution < 1.29 is 9.47 Å². The quantitative estimate of drug-likeness (QED) is 0.720. The summed E-state index contributed by atoms with van der Waals surface area (Å²) in [6.45, 7) is 2.10. The fraction of sp³-hybridized carbons (Fsp3) is 1.00. The van der Waals surface area contributed by atoms with Crippen molar-refractivity contribution in [3.63, 3.8) is 0 Å². The summed E-state index contributed by atoms with van der Waals surface area (Å²) in [5.74, 6) is -0.786. The molecule has 0 bridgehead atoms. The van der Waals surface area contributed by atoms with E-state index in [9.17, 15) is 0 Å². The van der Waals surface area contributed by atoms with Crippen LogP contribution in [-0.2, 0) is 9.47 Å². The summed E-state index contributed by atoms with van der Waals surface area (Å²) < 4.78 is 11.4. The van der Waals surface area contributed by atoms with Crippen molar-refractivity contribution in [2.75, 3.05) is 7.11 Å². The van der Waals surface area contributed by atoms with Gasteiger partial charge in [-0.15, -0.1) is 5.11 Å². The van der Waals surface area contributed by atoms with Gasteiger partial charge in [0.05, 0.1) is 0 Å². The van der Waals surface area contributed by atoms with E-state index in [1.54, 1.807) is 7.11 Å². The van der Waals surface area contributed by atoms with E-state index in [-0.39, 0.29) is 5.72 Å². The van der Waals surface area contributed by atoms with Gasteiger partial charge in [0.15, 0.2) is 5.72 Å². The molecule has 1 atom stereocenters. The van der Waals surface area contributed by atoms with Gasteiger partial charge in [-0.05, 0) is 32.1 Å². The average Bonchev–Trinajstić information content (AvgIpc) is 2.60. The van der Waals surface area contributed by atoms with Crippen molar-refractivity contribution in [1.82, 2.24) is 0 Å². The topological polar surface area (TPSA) is 43.2 Å². The molecule has 1 saturated carbocycles. The Labute approximate surface area is 91.1 Å². The van der Waals surface area contributed by atoms with Crippen molar-refractivity contribution in [1.29, 1.82) is 0 Å². The number of nitrogens with zero attached hydrogens (tertiary/aromatic N) is 2. The lowest BCUT2D eigenvalue weighted by Crippen LogP contribution is -2.39. The van der Waals surface area contributed by atoms with Gasteiger partial charge in [-0.2, -0.15) is 5.11 Å². The molecule has 0 aromatic heterocycles. The van der Waals surface area contributed by atoms with E-state index in [1.165, 1.54) is 19.3 Å². The molecule has 1 spiro atoms. The van der Waals surface area contributed by atoms with Crippen LogP contribution >= 0.6 is 0 Å². The fourth-order valence-electron chi connectivity index (χ4n) is 2.41. The van der Waals surface area contributed by atoms with E-state index in [1.807, 2.05) is 0 Å². The number of methoxy groups -OCH3 is 1. The Kier molecular flexibility index (Phi) is 3.07. The molecular formula is C11H20N2O2. The van der Waals surface area contributed by atoms with E-state index in [4.69, 9.17) is 9.47 Å². The van der Waals surface area contributed by atoms with Crippen molar-refractivity contribution in [3.05, 3.63) is 0 Å². The zero-order valence-electron chi connectivity index (χ0n) is 9.66. The first-order valence-corrected chi connectivity index (χ1v) is 5.94. The van der Waals surface area contributed by atoms with E-state index in [0.29, 0.717) is 0 Å². The van der Waals surface area contributed by atoms with Crippen molar-refractivity contribution in [2.45, 2.75) is 63.5 Å². The minimum absolute atomic E-state index is 0.358. The van der Waals surface area contributed by atoms with E-state index < -0.39 is 5.91 Å². The third-order valence-electron chi connectivity index (χ3n) is 3.25. The van der Waals surface area contributed by atoms with Crippen LogP contribution < -0.4 is 0 Å². The molecule has 0 aromatic rings. The molecule has 0 radical (unpaired) electrons. The van der Waals surface area contributed by atoms with E-state index in [0.717, 1.165) is 25.7 Å². The average molecular weight is 212 g/mol. The lowest BCUT2D eigenvalue weighted by molar-refractivity contribution is -0.256. The van der Waals surface area contributed by atoms with Gasteiger partial charge in [0.2, 0.25) is 0 Å². The Hall–Kier alpha value is -0.480. The van der Waals surface area contributed by atoms with Gasteiger partial charge < -0.3 is 4.74 Å². The monoisotopic (exact) mass is 212 g/mol. The number of hydrogen-bond donors (Lipinski definition) is 0. The molecular weight excluding hydrogens is 192 g/mol.